The molecule has 4 nitrogen and oxygen atoms in total. The van der Waals surface area contributed by atoms with Gasteiger partial charge >= 0.3 is 6.18 Å². The molecule has 0 atom stereocenters. The maximum atomic E-state index is 12.8. The highest BCUT2D eigenvalue weighted by Crippen LogP contribution is 2.34. The van der Waals surface area contributed by atoms with Gasteiger partial charge in [-0.25, -0.2) is 8.42 Å². The van der Waals surface area contributed by atoms with Gasteiger partial charge in [-0.1, -0.05) is 6.07 Å². The van der Waals surface area contributed by atoms with E-state index < -0.39 is 26.5 Å². The molecule has 0 aliphatic rings. The average molecular weight is 310 g/mol. The number of hydrogen-bond donors (Lipinski definition) is 2. The van der Waals surface area contributed by atoms with Crippen molar-refractivity contribution < 1.29 is 21.6 Å². The Bertz CT molecular complexity index is 590. The SMILES string of the molecule is CC(C)(C)S(=O)(=O)Nc1ccc(CN)c(C(F)(F)F)c1. The molecule has 0 amide bonds. The largest absolute Gasteiger partial charge is 0.416 e. The van der Waals surface area contributed by atoms with Gasteiger partial charge in [-0.2, -0.15) is 13.2 Å². The Morgan fingerprint density at radius 1 is 1.20 bits per heavy atom. The highest BCUT2D eigenvalue weighted by Gasteiger charge is 2.34. The smallest absolute Gasteiger partial charge is 0.326 e. The third-order valence-corrected chi connectivity index (χ3v) is 4.81. The molecule has 8 heteroatoms. The summed E-state index contributed by atoms with van der Waals surface area (Å²) in [7, 11) is -3.78. The molecule has 1 aromatic rings. The predicted octanol–water partition coefficient (Wildman–Crippen LogP) is 2.70. The number of sulfonamides is 1. The van der Waals surface area contributed by atoms with E-state index in [9.17, 15) is 21.6 Å². The van der Waals surface area contributed by atoms with Gasteiger partial charge in [-0.05, 0) is 38.5 Å². The third-order valence-electron chi connectivity index (χ3n) is 2.69. The summed E-state index contributed by atoms with van der Waals surface area (Å²) >= 11 is 0. The van der Waals surface area contributed by atoms with Crippen molar-refractivity contribution in [2.24, 2.45) is 5.73 Å². The number of nitrogens with two attached hydrogens (primary N) is 1. The lowest BCUT2D eigenvalue weighted by atomic mass is 10.1. The predicted molar refractivity (Wildman–Crippen MR) is 71.6 cm³/mol. The van der Waals surface area contributed by atoms with E-state index in [1.807, 2.05) is 0 Å². The van der Waals surface area contributed by atoms with Crippen LogP contribution in [-0.2, 0) is 22.7 Å². The van der Waals surface area contributed by atoms with Gasteiger partial charge in [0.1, 0.15) is 0 Å². The van der Waals surface area contributed by atoms with Crippen LogP contribution in [0.2, 0.25) is 0 Å². The lowest BCUT2D eigenvalue weighted by Crippen LogP contribution is -2.33. The standard InChI is InChI=1S/C12H17F3N2O2S/c1-11(2,3)20(18,19)17-9-5-4-8(7-16)10(6-9)12(13,14)15/h4-6,17H,7,16H2,1-3H3. The number of benzene rings is 1. The fourth-order valence-corrected chi connectivity index (χ4v) is 2.13. The van der Waals surface area contributed by atoms with Crippen molar-refractivity contribution in [3.05, 3.63) is 29.3 Å². The van der Waals surface area contributed by atoms with Crippen LogP contribution in [0.5, 0.6) is 0 Å². The van der Waals surface area contributed by atoms with Gasteiger partial charge in [0.05, 0.1) is 10.3 Å². The molecule has 0 spiro atoms. The normalized spacial score (nSPS) is 13.3. The van der Waals surface area contributed by atoms with Crippen LogP contribution < -0.4 is 10.5 Å². The minimum absolute atomic E-state index is 0.0868. The molecule has 20 heavy (non-hydrogen) atoms. The zero-order valence-corrected chi connectivity index (χ0v) is 12.2. The first-order chi connectivity index (χ1) is 8.88. The van der Waals surface area contributed by atoms with Crippen LogP contribution in [0.4, 0.5) is 18.9 Å². The van der Waals surface area contributed by atoms with Crippen molar-refractivity contribution in [2.75, 3.05) is 4.72 Å². The van der Waals surface area contributed by atoms with Gasteiger partial charge in [0.25, 0.3) is 0 Å². The van der Waals surface area contributed by atoms with Gasteiger partial charge in [-0.15, -0.1) is 0 Å². The number of nitrogens with one attached hydrogen (secondary N) is 1. The second kappa shape index (κ2) is 5.25. The average Bonchev–Trinajstić information content (AvgIpc) is 2.25. The summed E-state index contributed by atoms with van der Waals surface area (Å²) in [6.07, 6.45) is -4.59. The summed E-state index contributed by atoms with van der Waals surface area (Å²) in [5, 5.41) is 0. The molecule has 0 radical (unpaired) electrons. The van der Waals surface area contributed by atoms with Crippen LogP contribution >= 0.6 is 0 Å². The highest BCUT2D eigenvalue weighted by atomic mass is 32.2. The quantitative estimate of drug-likeness (QED) is 0.901. The molecule has 114 valence electrons. The Balaban J connectivity index is 3.24. The lowest BCUT2D eigenvalue weighted by molar-refractivity contribution is -0.138. The van der Waals surface area contributed by atoms with Crippen LogP contribution in [0.1, 0.15) is 31.9 Å². The molecule has 1 aromatic carbocycles. The molecule has 0 saturated carbocycles. The van der Waals surface area contributed by atoms with Crippen LogP contribution in [0, 0.1) is 0 Å². The monoisotopic (exact) mass is 310 g/mol. The number of anilines is 1. The first-order valence-electron chi connectivity index (χ1n) is 5.81. The number of hydrogen-bond acceptors (Lipinski definition) is 3. The molecule has 0 saturated heterocycles. The molecule has 3 N–H and O–H groups in total. The lowest BCUT2D eigenvalue weighted by Gasteiger charge is -2.21. The Hall–Kier alpha value is -1.28. The Labute approximate surface area is 116 Å². The first kappa shape index (κ1) is 16.8. The Morgan fingerprint density at radius 3 is 2.15 bits per heavy atom. The van der Waals surface area contributed by atoms with Crippen LogP contribution in [-0.4, -0.2) is 13.2 Å². The van der Waals surface area contributed by atoms with Gasteiger partial charge < -0.3 is 5.73 Å². The summed E-state index contributed by atoms with van der Waals surface area (Å²) in [6, 6.07) is 3.19. The first-order valence-corrected chi connectivity index (χ1v) is 7.29. The second-order valence-electron chi connectivity index (χ2n) is 5.29. The van der Waals surface area contributed by atoms with Gasteiger partial charge in [-0.3, -0.25) is 4.72 Å². The van der Waals surface area contributed by atoms with Gasteiger partial charge in [0.15, 0.2) is 0 Å². The molecule has 0 aromatic heterocycles. The minimum atomic E-state index is -4.59. The van der Waals surface area contributed by atoms with Crippen molar-refractivity contribution in [1.82, 2.24) is 0 Å². The van der Waals surface area contributed by atoms with E-state index in [1.165, 1.54) is 32.9 Å². The van der Waals surface area contributed by atoms with E-state index in [2.05, 4.69) is 4.72 Å². The summed E-state index contributed by atoms with van der Waals surface area (Å²) in [5.41, 5.74) is 4.10. The van der Waals surface area contributed by atoms with Crippen molar-refractivity contribution in [3.63, 3.8) is 0 Å². The van der Waals surface area contributed by atoms with Crippen molar-refractivity contribution in [3.8, 4) is 0 Å². The summed E-state index contributed by atoms with van der Waals surface area (Å²) < 4.78 is 63.4. The van der Waals surface area contributed by atoms with E-state index in [1.54, 1.807) is 0 Å². The summed E-state index contributed by atoms with van der Waals surface area (Å²) in [6.45, 7) is 4.08. The molecule has 0 heterocycles. The maximum absolute atomic E-state index is 12.8. The van der Waals surface area contributed by atoms with Gasteiger partial charge in [0.2, 0.25) is 10.0 Å². The maximum Gasteiger partial charge on any atom is 0.416 e. The zero-order valence-electron chi connectivity index (χ0n) is 11.4. The Morgan fingerprint density at radius 2 is 1.75 bits per heavy atom. The molecule has 1 rings (SSSR count). The Kier molecular flexibility index (Phi) is 4.40. The second-order valence-corrected chi connectivity index (χ2v) is 7.73. The van der Waals surface area contributed by atoms with Gasteiger partial charge in [0, 0.05) is 12.2 Å². The van der Waals surface area contributed by atoms with Crippen LogP contribution in [0.3, 0.4) is 0 Å². The third kappa shape index (κ3) is 3.63. The molecular weight excluding hydrogens is 293 g/mol. The highest BCUT2D eigenvalue weighted by molar-refractivity contribution is 7.94. The van der Waals surface area contributed by atoms with Crippen molar-refractivity contribution >= 4 is 15.7 Å². The number of halogens is 3. The summed E-state index contributed by atoms with van der Waals surface area (Å²) in [5.74, 6) is 0. The molecule has 0 bridgehead atoms. The zero-order chi connectivity index (χ0) is 15.8. The molecule has 0 aliphatic carbocycles. The van der Waals surface area contributed by atoms with E-state index in [4.69, 9.17) is 5.73 Å². The molecule has 0 fully saturated rings. The fraction of sp³-hybridized carbons (Fsp3) is 0.500. The minimum Gasteiger partial charge on any atom is -0.326 e. The van der Waals surface area contributed by atoms with E-state index in [0.29, 0.717) is 0 Å². The molecule has 0 aliphatic heterocycles. The number of alkyl halides is 3. The fourth-order valence-electron chi connectivity index (χ4n) is 1.39. The molecule has 0 unspecified atom stereocenters. The van der Waals surface area contributed by atoms with Crippen molar-refractivity contribution in [2.45, 2.75) is 38.2 Å². The topological polar surface area (TPSA) is 72.2 Å². The van der Waals surface area contributed by atoms with Crippen LogP contribution in [0.15, 0.2) is 18.2 Å². The summed E-state index contributed by atoms with van der Waals surface area (Å²) in [4.78, 5) is 0. The van der Waals surface area contributed by atoms with E-state index in [0.717, 1.165) is 6.07 Å². The van der Waals surface area contributed by atoms with Crippen molar-refractivity contribution in [1.29, 1.82) is 0 Å². The van der Waals surface area contributed by atoms with Crippen LogP contribution in [0.25, 0.3) is 0 Å². The number of rotatable bonds is 3. The molecular formula is C12H17F3N2O2S. The van der Waals surface area contributed by atoms with E-state index in [-0.39, 0.29) is 17.8 Å². The van der Waals surface area contributed by atoms with E-state index >= 15 is 0 Å².